The smallest absolute Gasteiger partial charge is 0.223 e. The van der Waals surface area contributed by atoms with Crippen molar-refractivity contribution in [2.75, 3.05) is 39.3 Å². The number of amides is 1. The van der Waals surface area contributed by atoms with E-state index in [2.05, 4.69) is 17.1 Å². The molecular formula is C12H23N3O. The predicted molar refractivity (Wildman–Crippen MR) is 64.3 cm³/mol. The number of carbonyl (C=O) groups excluding carboxylic acids is 1. The quantitative estimate of drug-likeness (QED) is 0.750. The van der Waals surface area contributed by atoms with Crippen LogP contribution < -0.4 is 5.32 Å². The Balaban J connectivity index is 1.70. The summed E-state index contributed by atoms with van der Waals surface area (Å²) in [5.41, 5.74) is 0. The molecule has 4 nitrogen and oxygen atoms in total. The average molecular weight is 225 g/mol. The first-order valence-corrected chi connectivity index (χ1v) is 6.49. The molecule has 2 aliphatic heterocycles. The summed E-state index contributed by atoms with van der Waals surface area (Å²) in [6, 6.07) is 0.449. The molecule has 92 valence electrons. The average Bonchev–Trinajstić information content (AvgIpc) is 2.78. The number of nitrogens with one attached hydrogen (secondary N) is 1. The van der Waals surface area contributed by atoms with Crippen molar-refractivity contribution in [1.82, 2.24) is 15.1 Å². The molecule has 0 aromatic heterocycles. The zero-order valence-corrected chi connectivity index (χ0v) is 10.2. The third-order valence-corrected chi connectivity index (χ3v) is 3.56. The van der Waals surface area contributed by atoms with Crippen molar-refractivity contribution in [2.45, 2.75) is 32.2 Å². The van der Waals surface area contributed by atoms with Gasteiger partial charge in [0.1, 0.15) is 0 Å². The topological polar surface area (TPSA) is 35.6 Å². The van der Waals surface area contributed by atoms with Crippen molar-refractivity contribution in [3.63, 3.8) is 0 Å². The zero-order chi connectivity index (χ0) is 11.4. The highest BCUT2D eigenvalue weighted by Gasteiger charge is 2.21. The van der Waals surface area contributed by atoms with Gasteiger partial charge in [0.25, 0.3) is 0 Å². The molecule has 0 unspecified atom stereocenters. The van der Waals surface area contributed by atoms with E-state index in [1.165, 1.54) is 25.9 Å². The van der Waals surface area contributed by atoms with Crippen molar-refractivity contribution in [3.8, 4) is 0 Å². The van der Waals surface area contributed by atoms with Gasteiger partial charge in [0, 0.05) is 38.6 Å². The maximum atomic E-state index is 12.0. The van der Waals surface area contributed by atoms with Crippen LogP contribution in [-0.2, 0) is 4.79 Å². The second kappa shape index (κ2) is 5.64. The number of hydrogen-bond donors (Lipinski definition) is 1. The van der Waals surface area contributed by atoms with Gasteiger partial charge in [0.15, 0.2) is 0 Å². The molecule has 16 heavy (non-hydrogen) atoms. The predicted octanol–water partition coefficient (Wildman–Crippen LogP) is 0.293. The van der Waals surface area contributed by atoms with Crippen LogP contribution in [0.15, 0.2) is 0 Å². The van der Waals surface area contributed by atoms with Crippen LogP contribution in [-0.4, -0.2) is 61.0 Å². The molecule has 1 N–H and O–H groups in total. The lowest BCUT2D eigenvalue weighted by Crippen LogP contribution is -2.51. The van der Waals surface area contributed by atoms with Crippen LogP contribution in [0.25, 0.3) is 0 Å². The maximum absolute atomic E-state index is 12.0. The summed E-state index contributed by atoms with van der Waals surface area (Å²) in [5.74, 6) is 0.334. The molecule has 2 heterocycles. The highest BCUT2D eigenvalue weighted by atomic mass is 16.2. The normalized spacial score (nSPS) is 27.3. The molecule has 1 amide bonds. The molecule has 2 aliphatic rings. The van der Waals surface area contributed by atoms with E-state index in [9.17, 15) is 4.79 Å². The van der Waals surface area contributed by atoms with Crippen LogP contribution in [0.4, 0.5) is 0 Å². The third kappa shape index (κ3) is 3.19. The Morgan fingerprint density at radius 3 is 2.75 bits per heavy atom. The van der Waals surface area contributed by atoms with Gasteiger partial charge in [-0.2, -0.15) is 0 Å². The first-order chi connectivity index (χ1) is 7.75. The first-order valence-electron chi connectivity index (χ1n) is 6.49. The fraction of sp³-hybridized carbons (Fsp3) is 0.917. The van der Waals surface area contributed by atoms with Gasteiger partial charge >= 0.3 is 0 Å². The molecule has 1 atom stereocenters. The maximum Gasteiger partial charge on any atom is 0.223 e. The number of carbonyl (C=O) groups is 1. The molecule has 0 aromatic rings. The van der Waals surface area contributed by atoms with Gasteiger partial charge in [-0.15, -0.1) is 0 Å². The number of hydrogen-bond acceptors (Lipinski definition) is 3. The fourth-order valence-electron chi connectivity index (χ4n) is 2.58. The summed E-state index contributed by atoms with van der Waals surface area (Å²) in [5, 5.41) is 3.36. The molecule has 0 saturated carbocycles. The molecule has 2 fully saturated rings. The number of likely N-dealkylation sites (tertiary alicyclic amines) is 1. The molecule has 0 bridgehead atoms. The van der Waals surface area contributed by atoms with Crippen molar-refractivity contribution in [2.24, 2.45) is 0 Å². The lowest BCUT2D eigenvalue weighted by molar-refractivity contribution is -0.132. The minimum Gasteiger partial charge on any atom is -0.340 e. The zero-order valence-electron chi connectivity index (χ0n) is 10.2. The van der Waals surface area contributed by atoms with Crippen LogP contribution in [0, 0.1) is 0 Å². The summed E-state index contributed by atoms with van der Waals surface area (Å²) in [7, 11) is 0. The molecule has 0 aliphatic carbocycles. The van der Waals surface area contributed by atoms with Gasteiger partial charge in [-0.1, -0.05) is 0 Å². The van der Waals surface area contributed by atoms with Crippen LogP contribution in [0.2, 0.25) is 0 Å². The second-order valence-corrected chi connectivity index (χ2v) is 4.99. The molecule has 0 aromatic carbocycles. The lowest BCUT2D eigenvalue weighted by Gasteiger charge is -2.32. The van der Waals surface area contributed by atoms with Crippen LogP contribution in [0.1, 0.15) is 26.2 Å². The number of piperazine rings is 1. The summed E-state index contributed by atoms with van der Waals surface area (Å²) in [4.78, 5) is 16.4. The summed E-state index contributed by atoms with van der Waals surface area (Å²) in [6.07, 6.45) is 3.31. The monoisotopic (exact) mass is 225 g/mol. The molecule has 2 saturated heterocycles. The Hall–Kier alpha value is -0.610. The minimum atomic E-state index is 0.334. The highest BCUT2D eigenvalue weighted by Crippen LogP contribution is 2.09. The van der Waals surface area contributed by atoms with E-state index < -0.39 is 0 Å². The van der Waals surface area contributed by atoms with E-state index in [-0.39, 0.29) is 0 Å². The number of rotatable bonds is 3. The fourth-order valence-corrected chi connectivity index (χ4v) is 2.58. The van der Waals surface area contributed by atoms with Gasteiger partial charge in [-0.25, -0.2) is 0 Å². The van der Waals surface area contributed by atoms with Gasteiger partial charge in [-0.05, 0) is 32.9 Å². The number of nitrogens with zero attached hydrogens (tertiary/aromatic N) is 2. The largest absolute Gasteiger partial charge is 0.340 e. The van der Waals surface area contributed by atoms with E-state index >= 15 is 0 Å². The standard InChI is InChI=1S/C12H23N3O/c1-11-10-15(9-5-13-11)12(16)4-8-14-6-2-3-7-14/h11,13H,2-10H2,1H3/t11-/m0/s1. The molecular weight excluding hydrogens is 202 g/mol. The molecule has 0 spiro atoms. The Morgan fingerprint density at radius 2 is 2.06 bits per heavy atom. The van der Waals surface area contributed by atoms with E-state index in [1.54, 1.807) is 0 Å². The molecule has 2 rings (SSSR count). The van der Waals surface area contributed by atoms with Crippen LogP contribution in [0.3, 0.4) is 0 Å². The highest BCUT2D eigenvalue weighted by molar-refractivity contribution is 5.76. The van der Waals surface area contributed by atoms with E-state index in [1.807, 2.05) is 4.90 Å². The SMILES string of the molecule is C[C@H]1CN(C(=O)CCN2CCCC2)CCN1. The Kier molecular flexibility index (Phi) is 4.18. The van der Waals surface area contributed by atoms with Gasteiger partial charge in [-0.3, -0.25) is 4.79 Å². The van der Waals surface area contributed by atoms with E-state index in [0.717, 1.165) is 26.2 Å². The summed E-state index contributed by atoms with van der Waals surface area (Å²) in [6.45, 7) is 8.16. The Bertz CT molecular complexity index is 238. The van der Waals surface area contributed by atoms with Crippen molar-refractivity contribution < 1.29 is 4.79 Å². The van der Waals surface area contributed by atoms with Crippen molar-refractivity contribution >= 4 is 5.91 Å². The van der Waals surface area contributed by atoms with Crippen LogP contribution >= 0.6 is 0 Å². The summed E-state index contributed by atoms with van der Waals surface area (Å²) < 4.78 is 0. The van der Waals surface area contributed by atoms with Gasteiger partial charge in [0.05, 0.1) is 0 Å². The van der Waals surface area contributed by atoms with Crippen molar-refractivity contribution in [3.05, 3.63) is 0 Å². The lowest BCUT2D eigenvalue weighted by atomic mass is 10.2. The first kappa shape index (κ1) is 11.9. The van der Waals surface area contributed by atoms with E-state index in [0.29, 0.717) is 18.4 Å². The Morgan fingerprint density at radius 1 is 1.31 bits per heavy atom. The van der Waals surface area contributed by atoms with Gasteiger partial charge in [0.2, 0.25) is 5.91 Å². The summed E-state index contributed by atoms with van der Waals surface area (Å²) >= 11 is 0. The Labute approximate surface area is 98.0 Å². The minimum absolute atomic E-state index is 0.334. The van der Waals surface area contributed by atoms with E-state index in [4.69, 9.17) is 0 Å². The molecule has 0 radical (unpaired) electrons. The van der Waals surface area contributed by atoms with Crippen LogP contribution in [0.5, 0.6) is 0 Å². The van der Waals surface area contributed by atoms with Crippen molar-refractivity contribution in [1.29, 1.82) is 0 Å². The second-order valence-electron chi connectivity index (χ2n) is 4.99. The third-order valence-electron chi connectivity index (χ3n) is 3.56. The van der Waals surface area contributed by atoms with Gasteiger partial charge < -0.3 is 15.1 Å². The molecule has 4 heteroatoms.